The third-order valence-electron chi connectivity index (χ3n) is 4.39. The average molecular weight is 339 g/mol. The Hall–Kier alpha value is -1.30. The maximum atomic E-state index is 12.3. The van der Waals surface area contributed by atoms with Gasteiger partial charge in [0.2, 0.25) is 0 Å². The van der Waals surface area contributed by atoms with E-state index in [1.54, 1.807) is 0 Å². The van der Waals surface area contributed by atoms with Crippen molar-refractivity contribution < 1.29 is 14.3 Å². The lowest BCUT2D eigenvalue weighted by Crippen LogP contribution is -2.52. The minimum atomic E-state index is -0.204. The van der Waals surface area contributed by atoms with Gasteiger partial charge in [0.1, 0.15) is 18.5 Å². The molecule has 2 aliphatic heterocycles. The van der Waals surface area contributed by atoms with E-state index in [1.165, 1.54) is 0 Å². The van der Waals surface area contributed by atoms with Crippen molar-refractivity contribution in [2.24, 2.45) is 0 Å². The van der Waals surface area contributed by atoms with Crippen LogP contribution in [0, 0.1) is 0 Å². The molecular weight excluding hydrogens is 316 g/mol. The molecule has 0 N–H and O–H groups in total. The van der Waals surface area contributed by atoms with Gasteiger partial charge in [0.25, 0.3) is 5.91 Å². The molecule has 0 aliphatic carbocycles. The van der Waals surface area contributed by atoms with Gasteiger partial charge in [-0.1, -0.05) is 23.7 Å². The van der Waals surface area contributed by atoms with Crippen LogP contribution < -0.4 is 4.74 Å². The van der Waals surface area contributed by atoms with Crippen LogP contribution in [-0.2, 0) is 9.53 Å². The van der Waals surface area contributed by atoms with Crippen molar-refractivity contribution in [2.75, 3.05) is 45.9 Å². The number of nitrogens with zero attached hydrogens (tertiary/aromatic N) is 2. The Kier molecular flexibility index (Phi) is 5.75. The Morgan fingerprint density at radius 3 is 2.74 bits per heavy atom. The molecule has 23 heavy (non-hydrogen) atoms. The SMILES string of the molecule is O=C(C1CCCO1)N1CCN(CCOc2ccccc2Cl)CC1. The number of carbonyl (C=O) groups excluding carboxylic acids is 1. The van der Waals surface area contributed by atoms with Crippen molar-refractivity contribution >= 4 is 17.5 Å². The molecule has 3 rings (SSSR count). The zero-order chi connectivity index (χ0) is 16.1. The lowest BCUT2D eigenvalue weighted by atomic mass is 10.2. The van der Waals surface area contributed by atoms with Gasteiger partial charge in [-0.2, -0.15) is 0 Å². The van der Waals surface area contributed by atoms with Crippen LogP contribution in [-0.4, -0.2) is 67.7 Å². The largest absolute Gasteiger partial charge is 0.491 e. The van der Waals surface area contributed by atoms with E-state index in [-0.39, 0.29) is 12.0 Å². The molecule has 5 nitrogen and oxygen atoms in total. The van der Waals surface area contributed by atoms with Gasteiger partial charge in [0.05, 0.1) is 5.02 Å². The maximum absolute atomic E-state index is 12.3. The van der Waals surface area contributed by atoms with Crippen LogP contribution >= 0.6 is 11.6 Å². The summed E-state index contributed by atoms with van der Waals surface area (Å²) in [6.07, 6.45) is 1.66. The first-order valence-electron chi connectivity index (χ1n) is 8.24. The van der Waals surface area contributed by atoms with Crippen LogP contribution in [0.2, 0.25) is 5.02 Å². The number of hydrogen-bond acceptors (Lipinski definition) is 4. The Morgan fingerprint density at radius 1 is 1.26 bits per heavy atom. The van der Waals surface area contributed by atoms with Crippen LogP contribution in [0.5, 0.6) is 5.75 Å². The van der Waals surface area contributed by atoms with Crippen molar-refractivity contribution in [3.63, 3.8) is 0 Å². The molecule has 1 atom stereocenters. The number of para-hydroxylation sites is 1. The molecule has 2 aliphatic rings. The Morgan fingerprint density at radius 2 is 2.04 bits per heavy atom. The van der Waals surface area contributed by atoms with Crippen LogP contribution in [0.15, 0.2) is 24.3 Å². The monoisotopic (exact) mass is 338 g/mol. The normalized spacial score (nSPS) is 22.3. The van der Waals surface area contributed by atoms with E-state index in [0.717, 1.165) is 57.9 Å². The van der Waals surface area contributed by atoms with Gasteiger partial charge in [0, 0.05) is 39.3 Å². The Bertz CT molecular complexity index is 526. The van der Waals surface area contributed by atoms with Gasteiger partial charge in [-0.05, 0) is 25.0 Å². The highest BCUT2D eigenvalue weighted by atomic mass is 35.5. The smallest absolute Gasteiger partial charge is 0.251 e. The fourth-order valence-electron chi connectivity index (χ4n) is 3.01. The number of carbonyl (C=O) groups is 1. The number of amides is 1. The first kappa shape index (κ1) is 16.6. The third kappa shape index (κ3) is 4.37. The van der Waals surface area contributed by atoms with Gasteiger partial charge >= 0.3 is 0 Å². The van der Waals surface area contributed by atoms with E-state index >= 15 is 0 Å². The average Bonchev–Trinajstić information content (AvgIpc) is 3.11. The number of hydrogen-bond donors (Lipinski definition) is 0. The van der Waals surface area contributed by atoms with E-state index in [0.29, 0.717) is 11.6 Å². The third-order valence-corrected chi connectivity index (χ3v) is 4.70. The zero-order valence-electron chi connectivity index (χ0n) is 13.2. The predicted molar refractivity (Wildman–Crippen MR) is 88.9 cm³/mol. The fraction of sp³-hybridized carbons (Fsp3) is 0.588. The van der Waals surface area contributed by atoms with Crippen molar-refractivity contribution in [1.29, 1.82) is 0 Å². The van der Waals surface area contributed by atoms with Crippen molar-refractivity contribution in [1.82, 2.24) is 9.80 Å². The summed E-state index contributed by atoms with van der Waals surface area (Å²) in [5, 5.41) is 0.638. The molecule has 0 radical (unpaired) electrons. The van der Waals surface area contributed by atoms with Crippen LogP contribution in [0.25, 0.3) is 0 Å². The molecule has 2 fully saturated rings. The maximum Gasteiger partial charge on any atom is 0.251 e. The molecule has 1 aromatic rings. The molecule has 1 amide bonds. The van der Waals surface area contributed by atoms with Crippen molar-refractivity contribution in [3.8, 4) is 5.75 Å². The summed E-state index contributed by atoms with van der Waals surface area (Å²) in [5.74, 6) is 0.885. The van der Waals surface area contributed by atoms with Crippen molar-refractivity contribution in [2.45, 2.75) is 18.9 Å². The molecule has 2 saturated heterocycles. The summed E-state index contributed by atoms with van der Waals surface area (Å²) in [7, 11) is 0. The summed E-state index contributed by atoms with van der Waals surface area (Å²) in [6.45, 7) is 5.45. The molecule has 6 heteroatoms. The molecule has 126 valence electrons. The van der Waals surface area contributed by atoms with E-state index in [1.807, 2.05) is 29.2 Å². The molecule has 0 bridgehead atoms. The second-order valence-electron chi connectivity index (χ2n) is 5.95. The topological polar surface area (TPSA) is 42.0 Å². The number of benzene rings is 1. The van der Waals surface area contributed by atoms with Crippen molar-refractivity contribution in [3.05, 3.63) is 29.3 Å². The first-order chi connectivity index (χ1) is 11.2. The Balaban J connectivity index is 1.37. The minimum absolute atomic E-state index is 0.162. The summed E-state index contributed by atoms with van der Waals surface area (Å²) in [5.41, 5.74) is 0. The van der Waals surface area contributed by atoms with Gasteiger partial charge in [0.15, 0.2) is 0 Å². The standard InChI is InChI=1S/C17H23ClN2O3/c18-14-4-1-2-5-15(14)23-13-11-19-7-9-20(10-8-19)17(21)16-6-3-12-22-16/h1-2,4-5,16H,3,6-13H2. The highest BCUT2D eigenvalue weighted by Crippen LogP contribution is 2.23. The fourth-order valence-corrected chi connectivity index (χ4v) is 3.20. The summed E-state index contributed by atoms with van der Waals surface area (Å²) in [6, 6.07) is 7.50. The number of halogens is 1. The van der Waals surface area contributed by atoms with Gasteiger partial charge in [-0.3, -0.25) is 9.69 Å². The molecule has 1 aromatic carbocycles. The molecule has 0 spiro atoms. The quantitative estimate of drug-likeness (QED) is 0.824. The number of ether oxygens (including phenoxy) is 2. The minimum Gasteiger partial charge on any atom is -0.491 e. The zero-order valence-corrected chi connectivity index (χ0v) is 14.0. The highest BCUT2D eigenvalue weighted by molar-refractivity contribution is 6.32. The second kappa shape index (κ2) is 7.99. The summed E-state index contributed by atoms with van der Waals surface area (Å²) in [4.78, 5) is 16.5. The molecule has 2 heterocycles. The van der Waals surface area contributed by atoms with E-state index < -0.39 is 0 Å². The Labute approximate surface area is 142 Å². The second-order valence-corrected chi connectivity index (χ2v) is 6.35. The van der Waals surface area contributed by atoms with Crippen LogP contribution in [0.1, 0.15) is 12.8 Å². The highest BCUT2D eigenvalue weighted by Gasteiger charge is 2.30. The van der Waals surface area contributed by atoms with Gasteiger partial charge in [-0.15, -0.1) is 0 Å². The summed E-state index contributed by atoms with van der Waals surface area (Å²) >= 11 is 6.07. The molecular formula is C17H23ClN2O3. The summed E-state index contributed by atoms with van der Waals surface area (Å²) < 4.78 is 11.2. The predicted octanol–water partition coefficient (Wildman–Crippen LogP) is 2.04. The molecule has 0 saturated carbocycles. The lowest BCUT2D eigenvalue weighted by Gasteiger charge is -2.35. The van der Waals surface area contributed by atoms with Crippen LogP contribution in [0.3, 0.4) is 0 Å². The number of piperazine rings is 1. The first-order valence-corrected chi connectivity index (χ1v) is 8.62. The number of rotatable bonds is 5. The van der Waals surface area contributed by atoms with Crippen LogP contribution in [0.4, 0.5) is 0 Å². The van der Waals surface area contributed by atoms with E-state index in [4.69, 9.17) is 21.1 Å². The lowest BCUT2D eigenvalue weighted by molar-refractivity contribution is -0.142. The molecule has 1 unspecified atom stereocenters. The molecule has 0 aromatic heterocycles. The van der Waals surface area contributed by atoms with Gasteiger partial charge in [-0.25, -0.2) is 0 Å². The van der Waals surface area contributed by atoms with E-state index in [2.05, 4.69) is 4.90 Å². The van der Waals surface area contributed by atoms with E-state index in [9.17, 15) is 4.79 Å². The van der Waals surface area contributed by atoms with Gasteiger partial charge < -0.3 is 14.4 Å².